The van der Waals surface area contributed by atoms with Crippen LogP contribution < -0.4 is 5.32 Å². The van der Waals surface area contributed by atoms with E-state index in [2.05, 4.69) is 10.3 Å². The summed E-state index contributed by atoms with van der Waals surface area (Å²) in [4.78, 5) is 26.3. The summed E-state index contributed by atoms with van der Waals surface area (Å²) in [6.45, 7) is 6.07. The van der Waals surface area contributed by atoms with Gasteiger partial charge in [0.2, 0.25) is 5.91 Å². The van der Waals surface area contributed by atoms with Gasteiger partial charge in [0.15, 0.2) is 0 Å². The van der Waals surface area contributed by atoms with Crippen molar-refractivity contribution in [2.45, 2.75) is 25.5 Å². The molecule has 0 radical (unpaired) electrons. The van der Waals surface area contributed by atoms with Crippen molar-refractivity contribution in [3.8, 4) is 0 Å². The van der Waals surface area contributed by atoms with Crippen molar-refractivity contribution in [2.24, 2.45) is 0 Å². The second-order valence-electron chi connectivity index (χ2n) is 4.68. The zero-order valence-electron chi connectivity index (χ0n) is 10.6. The minimum absolute atomic E-state index is 0.00762. The lowest BCUT2D eigenvalue weighted by Crippen LogP contribution is -2.19. The zero-order valence-corrected chi connectivity index (χ0v) is 11.4. The summed E-state index contributed by atoms with van der Waals surface area (Å²) in [6, 6.07) is 2.71. The van der Waals surface area contributed by atoms with E-state index < -0.39 is 5.97 Å². The molecule has 1 heterocycles. The Kier molecular flexibility index (Phi) is 4.72. The largest absolute Gasteiger partial charge is 0.478 e. The van der Waals surface area contributed by atoms with Crippen LogP contribution in [0.4, 0.5) is 5.82 Å². The van der Waals surface area contributed by atoms with Gasteiger partial charge in [-0.25, -0.2) is 9.78 Å². The highest BCUT2D eigenvalue weighted by Gasteiger charge is 2.14. The summed E-state index contributed by atoms with van der Waals surface area (Å²) in [5, 5.41) is 11.4. The van der Waals surface area contributed by atoms with E-state index in [0.29, 0.717) is 5.75 Å². The molecule has 0 saturated carbocycles. The SMILES string of the molecule is CC(C)(C)SCC(=O)Nc1cc(C(=O)O)ccn1. The van der Waals surface area contributed by atoms with Gasteiger partial charge >= 0.3 is 5.97 Å². The second-order valence-corrected chi connectivity index (χ2v) is 6.49. The van der Waals surface area contributed by atoms with Crippen molar-refractivity contribution in [3.63, 3.8) is 0 Å². The standard InChI is InChI=1S/C12H16N2O3S/c1-12(2,3)18-7-10(15)14-9-6-8(11(16)17)4-5-13-9/h4-6H,7H2,1-3H3,(H,16,17)(H,13,14,15). The van der Waals surface area contributed by atoms with Gasteiger partial charge in [0.1, 0.15) is 5.82 Å². The number of carbonyl (C=O) groups excluding carboxylic acids is 1. The first-order chi connectivity index (χ1) is 8.28. The lowest BCUT2D eigenvalue weighted by molar-refractivity contribution is -0.113. The number of carboxylic acids is 1. The summed E-state index contributed by atoms with van der Waals surface area (Å²) < 4.78 is 0.00762. The molecule has 0 spiro atoms. The van der Waals surface area contributed by atoms with Crippen LogP contribution in [0.5, 0.6) is 0 Å². The highest BCUT2D eigenvalue weighted by atomic mass is 32.2. The van der Waals surface area contributed by atoms with Gasteiger partial charge in [0, 0.05) is 10.9 Å². The van der Waals surface area contributed by atoms with E-state index in [1.807, 2.05) is 20.8 Å². The van der Waals surface area contributed by atoms with E-state index >= 15 is 0 Å². The van der Waals surface area contributed by atoms with Crippen LogP contribution in [0.2, 0.25) is 0 Å². The van der Waals surface area contributed by atoms with Gasteiger partial charge in [-0.05, 0) is 12.1 Å². The third-order valence-electron chi connectivity index (χ3n) is 1.91. The van der Waals surface area contributed by atoms with Gasteiger partial charge in [-0.1, -0.05) is 20.8 Å². The molecule has 0 saturated heterocycles. The fraction of sp³-hybridized carbons (Fsp3) is 0.417. The third-order valence-corrected chi connectivity index (χ3v) is 3.18. The quantitative estimate of drug-likeness (QED) is 0.875. The molecular formula is C12H16N2O3S. The molecule has 0 aliphatic carbocycles. The molecule has 5 nitrogen and oxygen atoms in total. The number of thioether (sulfide) groups is 1. The van der Waals surface area contributed by atoms with Crippen LogP contribution in [0.3, 0.4) is 0 Å². The normalized spacial score (nSPS) is 11.1. The molecule has 2 N–H and O–H groups in total. The van der Waals surface area contributed by atoms with Crippen molar-refractivity contribution in [1.29, 1.82) is 0 Å². The molecule has 0 atom stereocenters. The summed E-state index contributed by atoms with van der Waals surface area (Å²) >= 11 is 1.52. The number of hydrogen-bond donors (Lipinski definition) is 2. The molecule has 1 amide bonds. The highest BCUT2D eigenvalue weighted by Crippen LogP contribution is 2.22. The molecule has 18 heavy (non-hydrogen) atoms. The van der Waals surface area contributed by atoms with Crippen LogP contribution in [-0.2, 0) is 4.79 Å². The number of carboxylic acid groups (broad SMARTS) is 1. The number of anilines is 1. The Morgan fingerprint density at radius 3 is 2.67 bits per heavy atom. The van der Waals surface area contributed by atoms with Gasteiger partial charge in [-0.15, -0.1) is 11.8 Å². The Morgan fingerprint density at radius 1 is 1.44 bits per heavy atom. The number of nitrogens with one attached hydrogen (secondary N) is 1. The molecule has 1 aromatic rings. The molecule has 6 heteroatoms. The second kappa shape index (κ2) is 5.86. The fourth-order valence-corrected chi connectivity index (χ4v) is 1.73. The van der Waals surface area contributed by atoms with E-state index in [0.717, 1.165) is 0 Å². The van der Waals surface area contributed by atoms with Gasteiger partial charge in [0.25, 0.3) is 0 Å². The maximum atomic E-state index is 11.6. The van der Waals surface area contributed by atoms with Crippen LogP contribution in [-0.4, -0.2) is 32.5 Å². The molecule has 0 aliphatic rings. The van der Waals surface area contributed by atoms with Crippen LogP contribution >= 0.6 is 11.8 Å². The average molecular weight is 268 g/mol. The molecule has 0 fully saturated rings. The van der Waals surface area contributed by atoms with Crippen LogP contribution in [0.25, 0.3) is 0 Å². The van der Waals surface area contributed by atoms with E-state index in [1.165, 1.54) is 30.1 Å². The van der Waals surface area contributed by atoms with Crippen LogP contribution in [0.1, 0.15) is 31.1 Å². The van der Waals surface area contributed by atoms with Crippen molar-refractivity contribution >= 4 is 29.5 Å². The van der Waals surface area contributed by atoms with Gasteiger partial charge in [-0.2, -0.15) is 0 Å². The fourth-order valence-electron chi connectivity index (χ4n) is 1.09. The molecule has 1 aromatic heterocycles. The monoisotopic (exact) mass is 268 g/mol. The lowest BCUT2D eigenvalue weighted by atomic mass is 10.2. The van der Waals surface area contributed by atoms with Crippen LogP contribution in [0, 0.1) is 0 Å². The Hall–Kier alpha value is -1.56. The summed E-state index contributed by atoms with van der Waals surface area (Å²) in [6.07, 6.45) is 1.36. The van der Waals surface area contributed by atoms with E-state index in [-0.39, 0.29) is 22.0 Å². The summed E-state index contributed by atoms with van der Waals surface area (Å²) in [5.74, 6) is -0.668. The van der Waals surface area contributed by atoms with Gasteiger partial charge in [0.05, 0.1) is 11.3 Å². The molecule has 0 unspecified atom stereocenters. The molecule has 0 aromatic carbocycles. The number of carbonyl (C=O) groups is 2. The summed E-state index contributed by atoms with van der Waals surface area (Å²) in [5.41, 5.74) is 0.101. The number of nitrogens with zero attached hydrogens (tertiary/aromatic N) is 1. The first-order valence-electron chi connectivity index (χ1n) is 5.41. The molecular weight excluding hydrogens is 252 g/mol. The van der Waals surface area contributed by atoms with Crippen LogP contribution in [0.15, 0.2) is 18.3 Å². The van der Waals surface area contributed by atoms with E-state index in [9.17, 15) is 9.59 Å². The number of rotatable bonds is 4. The Morgan fingerprint density at radius 2 is 2.11 bits per heavy atom. The Balaban J connectivity index is 2.59. The number of hydrogen-bond acceptors (Lipinski definition) is 4. The average Bonchev–Trinajstić information content (AvgIpc) is 2.26. The van der Waals surface area contributed by atoms with Crippen molar-refractivity contribution < 1.29 is 14.7 Å². The first kappa shape index (κ1) is 14.5. The zero-order chi connectivity index (χ0) is 13.8. The predicted molar refractivity (Wildman–Crippen MR) is 72.0 cm³/mol. The molecule has 0 aliphatic heterocycles. The van der Waals surface area contributed by atoms with Crippen molar-refractivity contribution in [2.75, 3.05) is 11.1 Å². The minimum atomic E-state index is -1.04. The number of aromatic nitrogens is 1. The Labute approximate surface area is 110 Å². The molecule has 98 valence electrons. The van der Waals surface area contributed by atoms with E-state index in [4.69, 9.17) is 5.11 Å². The smallest absolute Gasteiger partial charge is 0.335 e. The van der Waals surface area contributed by atoms with Gasteiger partial charge < -0.3 is 10.4 Å². The third kappa shape index (κ3) is 5.18. The molecule has 1 rings (SSSR count). The number of aromatic carboxylic acids is 1. The lowest BCUT2D eigenvalue weighted by Gasteiger charge is -2.16. The van der Waals surface area contributed by atoms with E-state index in [1.54, 1.807) is 0 Å². The van der Waals surface area contributed by atoms with Gasteiger partial charge in [-0.3, -0.25) is 4.79 Å². The molecule has 0 bridgehead atoms. The predicted octanol–water partition coefficient (Wildman–Crippen LogP) is 2.25. The highest BCUT2D eigenvalue weighted by molar-refractivity contribution is 8.01. The Bertz CT molecular complexity index is 455. The van der Waals surface area contributed by atoms with Crippen molar-refractivity contribution in [3.05, 3.63) is 23.9 Å². The number of pyridine rings is 1. The topological polar surface area (TPSA) is 79.3 Å². The van der Waals surface area contributed by atoms with Crippen molar-refractivity contribution in [1.82, 2.24) is 4.98 Å². The summed E-state index contributed by atoms with van der Waals surface area (Å²) in [7, 11) is 0. The maximum Gasteiger partial charge on any atom is 0.335 e. The maximum absolute atomic E-state index is 11.6. The minimum Gasteiger partial charge on any atom is -0.478 e. The number of amides is 1. The first-order valence-corrected chi connectivity index (χ1v) is 6.39.